The molecule has 7 nitrogen and oxygen atoms in total. The summed E-state index contributed by atoms with van der Waals surface area (Å²) in [5.74, 6) is 1.33. The highest BCUT2D eigenvalue weighted by atomic mass is 32.2. The number of piperidine rings is 1. The summed E-state index contributed by atoms with van der Waals surface area (Å²) in [5.41, 5.74) is -0.653. The lowest BCUT2D eigenvalue weighted by molar-refractivity contribution is 0.148. The molecular formula is C21H27F2N5O2S. The topological polar surface area (TPSA) is 80.1 Å². The van der Waals surface area contributed by atoms with Crippen molar-refractivity contribution in [2.45, 2.75) is 57.0 Å². The fraction of sp³-hybridized carbons (Fsp3) is 0.667. The summed E-state index contributed by atoms with van der Waals surface area (Å²) in [7, 11) is -0.972. The van der Waals surface area contributed by atoms with E-state index in [1.54, 1.807) is 6.26 Å². The van der Waals surface area contributed by atoms with Crippen LogP contribution in [0.5, 0.6) is 0 Å². The third-order valence-corrected chi connectivity index (χ3v) is 8.31. The third kappa shape index (κ3) is 3.88. The van der Waals surface area contributed by atoms with Crippen LogP contribution >= 0.6 is 0 Å². The molecule has 2 aromatic heterocycles. The molecule has 1 aliphatic heterocycles. The Balaban J connectivity index is 1.49. The van der Waals surface area contributed by atoms with E-state index in [1.807, 2.05) is 4.31 Å². The summed E-state index contributed by atoms with van der Waals surface area (Å²) in [4.78, 5) is 22.0. The van der Waals surface area contributed by atoms with Crippen molar-refractivity contribution in [1.82, 2.24) is 18.8 Å². The largest absolute Gasteiger partial charge is 0.351 e. The number of nitrogens with zero attached hydrogens (tertiary/aromatic N) is 4. The predicted octanol–water partition coefficient (Wildman–Crippen LogP) is 3.26. The van der Waals surface area contributed by atoms with E-state index in [0.29, 0.717) is 28.8 Å². The Hall–Kier alpha value is -1.94. The van der Waals surface area contributed by atoms with Crippen molar-refractivity contribution in [3.63, 3.8) is 0 Å². The number of pyridine rings is 1. The molecule has 0 radical (unpaired) electrons. The Morgan fingerprint density at radius 3 is 2.58 bits per heavy atom. The first-order chi connectivity index (χ1) is 14.9. The average molecular weight is 452 g/mol. The van der Waals surface area contributed by atoms with Crippen molar-refractivity contribution in [2.24, 2.45) is 11.8 Å². The van der Waals surface area contributed by atoms with Crippen LogP contribution in [-0.2, 0) is 11.0 Å². The predicted molar refractivity (Wildman–Crippen MR) is 116 cm³/mol. The van der Waals surface area contributed by atoms with Gasteiger partial charge in [0, 0.05) is 43.0 Å². The first-order valence-corrected chi connectivity index (χ1v) is 12.5. The van der Waals surface area contributed by atoms with E-state index in [1.165, 1.54) is 16.8 Å². The first kappa shape index (κ1) is 20.9. The third-order valence-electron chi connectivity index (χ3n) is 7.22. The number of hydrogen-bond acceptors (Lipinski definition) is 5. The molecule has 2 aromatic rings. The molecule has 5 rings (SSSR count). The molecular weight excluding hydrogens is 424 g/mol. The van der Waals surface area contributed by atoms with Crippen LogP contribution in [0.1, 0.15) is 56.6 Å². The van der Waals surface area contributed by atoms with E-state index in [-0.39, 0.29) is 12.1 Å². The van der Waals surface area contributed by atoms with Gasteiger partial charge in [-0.25, -0.2) is 22.3 Å². The molecule has 4 atom stereocenters. The van der Waals surface area contributed by atoms with Crippen molar-refractivity contribution in [3.8, 4) is 0 Å². The van der Waals surface area contributed by atoms with E-state index in [0.717, 1.165) is 51.6 Å². The second-order valence-electron chi connectivity index (χ2n) is 9.06. The molecule has 1 saturated heterocycles. The van der Waals surface area contributed by atoms with Crippen molar-refractivity contribution in [1.29, 1.82) is 0 Å². The molecule has 0 amide bonds. The number of aromatic nitrogens is 3. The molecule has 2 saturated carbocycles. The van der Waals surface area contributed by atoms with Gasteiger partial charge in [-0.1, -0.05) is 6.42 Å². The van der Waals surface area contributed by atoms with E-state index >= 15 is 0 Å². The number of alkyl halides is 2. The van der Waals surface area contributed by atoms with Gasteiger partial charge in [0.2, 0.25) is 5.95 Å². The summed E-state index contributed by atoms with van der Waals surface area (Å²) in [6, 6.07) is 1.31. The Morgan fingerprint density at radius 1 is 1.19 bits per heavy atom. The Labute approximate surface area is 181 Å². The zero-order valence-corrected chi connectivity index (χ0v) is 18.3. The molecule has 3 fully saturated rings. The molecule has 3 unspecified atom stereocenters. The number of nitrogens with one attached hydrogen (secondary N) is 1. The molecule has 168 valence electrons. The fourth-order valence-electron chi connectivity index (χ4n) is 5.64. The van der Waals surface area contributed by atoms with Gasteiger partial charge >= 0.3 is 0 Å². The van der Waals surface area contributed by atoms with Gasteiger partial charge in [0.25, 0.3) is 12.0 Å². The molecule has 31 heavy (non-hydrogen) atoms. The standard InChI is InChI=1S/C21H27F2N5O2S/c1-31(30)27-6-4-15(5-7-27)25-21-24-11-14-10-16(18(22)23)20(29)28(19(14)26-21)17-9-12-2-3-13(17)8-12/h10-13,15,17-18H,2-9H2,1H3,(H,24,25,26)/t12-,13?,17?,31?/m1/s1. The van der Waals surface area contributed by atoms with Crippen LogP contribution in [0.25, 0.3) is 11.0 Å². The number of fused-ring (bicyclic) bond motifs is 3. The second-order valence-corrected chi connectivity index (χ2v) is 10.4. The van der Waals surface area contributed by atoms with Gasteiger partial charge in [-0.15, -0.1) is 0 Å². The maximum Gasteiger partial charge on any atom is 0.269 e. The molecule has 2 bridgehead atoms. The smallest absolute Gasteiger partial charge is 0.269 e. The first-order valence-electron chi connectivity index (χ1n) is 11.0. The van der Waals surface area contributed by atoms with Gasteiger partial charge in [-0.2, -0.15) is 4.98 Å². The molecule has 3 aliphatic rings. The maximum atomic E-state index is 13.6. The summed E-state index contributed by atoms with van der Waals surface area (Å²) < 4.78 is 42.3. The van der Waals surface area contributed by atoms with Crippen LogP contribution in [0.3, 0.4) is 0 Å². The Kier molecular flexibility index (Phi) is 5.54. The van der Waals surface area contributed by atoms with Crippen LogP contribution in [0, 0.1) is 11.8 Å². The summed E-state index contributed by atoms with van der Waals surface area (Å²) in [6.45, 7) is 1.45. The van der Waals surface area contributed by atoms with Crippen LogP contribution in [0.15, 0.2) is 17.1 Å². The maximum absolute atomic E-state index is 13.6. The minimum atomic E-state index is -2.83. The monoisotopic (exact) mass is 451 g/mol. The highest BCUT2D eigenvalue weighted by molar-refractivity contribution is 7.81. The molecule has 3 heterocycles. The molecule has 1 N–H and O–H groups in total. The van der Waals surface area contributed by atoms with Crippen molar-refractivity contribution in [3.05, 3.63) is 28.2 Å². The lowest BCUT2D eigenvalue weighted by Crippen LogP contribution is -2.40. The van der Waals surface area contributed by atoms with Gasteiger partial charge in [-0.05, 0) is 50.0 Å². The lowest BCUT2D eigenvalue weighted by atomic mass is 9.94. The zero-order chi connectivity index (χ0) is 21.7. The summed E-state index contributed by atoms with van der Waals surface area (Å²) in [5, 5.41) is 3.80. The van der Waals surface area contributed by atoms with E-state index in [9.17, 15) is 17.8 Å². The summed E-state index contributed by atoms with van der Waals surface area (Å²) >= 11 is 0. The van der Waals surface area contributed by atoms with Gasteiger partial charge in [0.05, 0.1) is 16.5 Å². The molecule has 2 aliphatic carbocycles. The highest BCUT2D eigenvalue weighted by Crippen LogP contribution is 2.50. The zero-order valence-electron chi connectivity index (χ0n) is 17.5. The van der Waals surface area contributed by atoms with Crippen LogP contribution in [0.2, 0.25) is 0 Å². The summed E-state index contributed by atoms with van der Waals surface area (Å²) in [6.07, 6.45) is 6.12. The number of halogens is 2. The highest BCUT2D eigenvalue weighted by Gasteiger charge is 2.42. The molecule has 0 aromatic carbocycles. The Morgan fingerprint density at radius 2 is 1.97 bits per heavy atom. The minimum Gasteiger partial charge on any atom is -0.351 e. The lowest BCUT2D eigenvalue weighted by Gasteiger charge is -2.30. The van der Waals surface area contributed by atoms with E-state index in [4.69, 9.17) is 0 Å². The van der Waals surface area contributed by atoms with Crippen LogP contribution < -0.4 is 10.9 Å². The van der Waals surface area contributed by atoms with Crippen LogP contribution in [0.4, 0.5) is 14.7 Å². The molecule has 0 spiro atoms. The van der Waals surface area contributed by atoms with E-state index < -0.39 is 28.5 Å². The number of rotatable bonds is 5. The van der Waals surface area contributed by atoms with Crippen molar-refractivity contribution in [2.75, 3.05) is 24.7 Å². The van der Waals surface area contributed by atoms with E-state index in [2.05, 4.69) is 15.3 Å². The van der Waals surface area contributed by atoms with Gasteiger partial charge < -0.3 is 5.32 Å². The average Bonchev–Trinajstić information content (AvgIpc) is 3.37. The number of hydrogen-bond donors (Lipinski definition) is 1. The van der Waals surface area contributed by atoms with Crippen molar-refractivity contribution >= 4 is 28.0 Å². The quantitative estimate of drug-likeness (QED) is 0.755. The number of anilines is 1. The van der Waals surface area contributed by atoms with Gasteiger partial charge in [0.1, 0.15) is 5.65 Å². The fourth-order valence-corrected chi connectivity index (χ4v) is 6.37. The normalized spacial score (nSPS) is 27.9. The second kappa shape index (κ2) is 8.20. The van der Waals surface area contributed by atoms with Crippen molar-refractivity contribution < 1.29 is 13.0 Å². The molecule has 10 heteroatoms. The van der Waals surface area contributed by atoms with Crippen LogP contribution in [-0.4, -0.2) is 48.4 Å². The van der Waals surface area contributed by atoms with Gasteiger partial charge in [-0.3, -0.25) is 9.36 Å². The van der Waals surface area contributed by atoms with Gasteiger partial charge in [0.15, 0.2) is 0 Å². The minimum absolute atomic E-state index is 0.0713. The SMILES string of the molecule is CS(=O)N1CCC(Nc2ncc3cc(C(F)F)c(=O)n(C4C[C@@H]5CCC4C5)c3n2)CC1. The Bertz CT molecular complexity index is 1070.